The van der Waals surface area contributed by atoms with Gasteiger partial charge in [0.15, 0.2) is 0 Å². The average molecular weight is 258 g/mol. The number of urea groups is 1. The fraction of sp³-hybridized carbons (Fsp3) is 0.267. The summed E-state index contributed by atoms with van der Waals surface area (Å²) in [6.07, 6.45) is 7.50. The van der Waals surface area contributed by atoms with Crippen LogP contribution in [0.15, 0.2) is 36.9 Å². The van der Waals surface area contributed by atoms with Gasteiger partial charge in [-0.15, -0.1) is 13.0 Å². The van der Waals surface area contributed by atoms with Crippen LogP contribution in [0.3, 0.4) is 0 Å². The van der Waals surface area contributed by atoms with Gasteiger partial charge in [0.05, 0.1) is 0 Å². The van der Waals surface area contributed by atoms with Crippen molar-refractivity contribution in [1.29, 1.82) is 0 Å². The van der Waals surface area contributed by atoms with Crippen molar-refractivity contribution < 1.29 is 9.53 Å². The Morgan fingerprint density at radius 1 is 1.37 bits per heavy atom. The Balaban J connectivity index is 2.28. The summed E-state index contributed by atoms with van der Waals surface area (Å²) in [4.78, 5) is 11.3. The number of carbonyl (C=O) groups excluding carboxylic acids is 1. The van der Waals surface area contributed by atoms with Crippen LogP contribution in [0.4, 0.5) is 4.79 Å². The minimum absolute atomic E-state index is 0.186. The van der Waals surface area contributed by atoms with Gasteiger partial charge >= 0.3 is 6.03 Å². The highest BCUT2D eigenvalue weighted by Gasteiger charge is 1.98. The molecule has 1 rings (SSSR count). The van der Waals surface area contributed by atoms with E-state index in [0.29, 0.717) is 13.1 Å². The number of rotatable bonds is 7. The third-order valence-corrected chi connectivity index (χ3v) is 2.35. The Bertz CT molecular complexity index is 446. The van der Waals surface area contributed by atoms with Crippen molar-refractivity contribution in [1.82, 2.24) is 10.6 Å². The summed E-state index contributed by atoms with van der Waals surface area (Å²) < 4.78 is 5.27. The summed E-state index contributed by atoms with van der Waals surface area (Å²) in [6, 6.07) is 7.45. The van der Waals surface area contributed by atoms with E-state index in [-0.39, 0.29) is 12.6 Å². The zero-order valence-corrected chi connectivity index (χ0v) is 10.8. The summed E-state index contributed by atoms with van der Waals surface area (Å²) in [5.74, 6) is 3.16. The molecule has 4 nitrogen and oxygen atoms in total. The Morgan fingerprint density at radius 2 is 2.11 bits per heavy atom. The molecule has 19 heavy (non-hydrogen) atoms. The van der Waals surface area contributed by atoms with Gasteiger partial charge in [-0.1, -0.05) is 24.1 Å². The molecule has 0 aliphatic rings. The number of carbonyl (C=O) groups is 1. The van der Waals surface area contributed by atoms with Crippen molar-refractivity contribution in [2.75, 3.05) is 19.7 Å². The minimum Gasteiger partial charge on any atom is -0.481 e. The van der Waals surface area contributed by atoms with E-state index in [2.05, 4.69) is 23.1 Å². The molecule has 0 aromatic heterocycles. The lowest BCUT2D eigenvalue weighted by Crippen LogP contribution is -2.36. The molecular weight excluding hydrogens is 240 g/mol. The van der Waals surface area contributed by atoms with E-state index in [9.17, 15) is 4.79 Å². The second-order valence-electron chi connectivity index (χ2n) is 3.81. The first kappa shape index (κ1) is 14.7. The predicted octanol–water partition coefficient (Wildman–Crippen LogP) is 1.73. The van der Waals surface area contributed by atoms with E-state index in [0.717, 1.165) is 17.7 Å². The predicted molar refractivity (Wildman–Crippen MR) is 76.1 cm³/mol. The van der Waals surface area contributed by atoms with Gasteiger partial charge < -0.3 is 15.4 Å². The quantitative estimate of drug-likeness (QED) is 0.578. The van der Waals surface area contributed by atoms with Gasteiger partial charge in [-0.05, 0) is 24.1 Å². The van der Waals surface area contributed by atoms with E-state index in [1.54, 1.807) is 6.08 Å². The van der Waals surface area contributed by atoms with Crippen LogP contribution in [0, 0.1) is 12.3 Å². The Hall–Kier alpha value is -2.41. The summed E-state index contributed by atoms with van der Waals surface area (Å²) in [5, 5.41) is 5.40. The number of hydrogen-bond acceptors (Lipinski definition) is 2. The molecule has 4 heteroatoms. The van der Waals surface area contributed by atoms with Crippen LogP contribution >= 0.6 is 0 Å². The fourth-order valence-corrected chi connectivity index (χ4v) is 1.43. The molecule has 2 amide bonds. The topological polar surface area (TPSA) is 50.4 Å². The highest BCUT2D eigenvalue weighted by Crippen LogP contribution is 2.12. The van der Waals surface area contributed by atoms with Crippen molar-refractivity contribution in [3.63, 3.8) is 0 Å². The minimum atomic E-state index is -0.186. The van der Waals surface area contributed by atoms with Crippen LogP contribution < -0.4 is 15.4 Å². The molecular formula is C15H18N2O2. The van der Waals surface area contributed by atoms with Gasteiger partial charge in [-0.2, -0.15) is 0 Å². The van der Waals surface area contributed by atoms with E-state index < -0.39 is 0 Å². The van der Waals surface area contributed by atoms with Gasteiger partial charge in [0.25, 0.3) is 0 Å². The first-order valence-corrected chi connectivity index (χ1v) is 6.04. The van der Waals surface area contributed by atoms with Gasteiger partial charge in [0.1, 0.15) is 12.4 Å². The lowest BCUT2D eigenvalue weighted by Gasteiger charge is -2.07. The standard InChI is InChI=1S/C15H18N2O2/c1-3-10-16-15(18)17-11-9-13-5-7-14(8-6-13)19-12-4-2/h2-3,5-8H,1,9-12H2,(H2,16,17,18). The molecule has 0 heterocycles. The number of terminal acetylenes is 1. The van der Waals surface area contributed by atoms with Crippen LogP contribution in [-0.2, 0) is 6.42 Å². The molecule has 0 aliphatic carbocycles. The van der Waals surface area contributed by atoms with Gasteiger partial charge in [-0.25, -0.2) is 4.79 Å². The summed E-state index contributed by atoms with van der Waals surface area (Å²) in [6.45, 7) is 4.83. The summed E-state index contributed by atoms with van der Waals surface area (Å²) in [5.41, 5.74) is 1.12. The molecule has 2 N–H and O–H groups in total. The molecule has 0 spiro atoms. The van der Waals surface area contributed by atoms with Gasteiger partial charge in [0.2, 0.25) is 0 Å². The zero-order valence-electron chi connectivity index (χ0n) is 10.8. The van der Waals surface area contributed by atoms with Crippen molar-refractivity contribution in [3.8, 4) is 18.1 Å². The maximum atomic E-state index is 11.3. The lowest BCUT2D eigenvalue weighted by molar-refractivity contribution is 0.242. The van der Waals surface area contributed by atoms with Gasteiger partial charge in [-0.3, -0.25) is 0 Å². The van der Waals surface area contributed by atoms with Gasteiger partial charge in [0, 0.05) is 13.1 Å². The maximum absolute atomic E-state index is 11.3. The summed E-state index contributed by atoms with van der Waals surface area (Å²) in [7, 11) is 0. The molecule has 0 atom stereocenters. The smallest absolute Gasteiger partial charge is 0.315 e. The molecule has 0 fully saturated rings. The molecule has 0 unspecified atom stereocenters. The second kappa shape index (κ2) is 8.65. The number of nitrogens with one attached hydrogen (secondary N) is 2. The molecule has 0 saturated carbocycles. The molecule has 0 saturated heterocycles. The van der Waals surface area contributed by atoms with Crippen LogP contribution in [0.1, 0.15) is 5.56 Å². The number of amides is 2. The molecule has 100 valence electrons. The largest absolute Gasteiger partial charge is 0.481 e. The third-order valence-electron chi connectivity index (χ3n) is 2.35. The lowest BCUT2D eigenvalue weighted by atomic mass is 10.1. The molecule has 0 aliphatic heterocycles. The third kappa shape index (κ3) is 6.18. The number of hydrogen-bond donors (Lipinski definition) is 2. The molecule has 0 bridgehead atoms. The van der Waals surface area contributed by atoms with Crippen molar-refractivity contribution in [2.45, 2.75) is 6.42 Å². The summed E-state index contributed by atoms with van der Waals surface area (Å²) >= 11 is 0. The normalized spacial score (nSPS) is 9.21. The van der Waals surface area contributed by atoms with Crippen LogP contribution in [-0.4, -0.2) is 25.7 Å². The molecule has 0 radical (unpaired) electrons. The number of benzene rings is 1. The number of ether oxygens (including phenoxy) is 1. The fourth-order valence-electron chi connectivity index (χ4n) is 1.43. The first-order valence-electron chi connectivity index (χ1n) is 6.04. The SMILES string of the molecule is C#CCOc1ccc(CCNC(=O)NCC=C)cc1. The van der Waals surface area contributed by atoms with Crippen molar-refractivity contribution in [3.05, 3.63) is 42.5 Å². The van der Waals surface area contributed by atoms with E-state index in [4.69, 9.17) is 11.2 Å². The van der Waals surface area contributed by atoms with Crippen molar-refractivity contribution in [2.24, 2.45) is 0 Å². The highest BCUT2D eigenvalue weighted by molar-refractivity contribution is 5.73. The van der Waals surface area contributed by atoms with Crippen LogP contribution in [0.25, 0.3) is 0 Å². The molecule has 1 aromatic rings. The maximum Gasteiger partial charge on any atom is 0.315 e. The Labute approximate surface area is 113 Å². The highest BCUT2D eigenvalue weighted by atomic mass is 16.5. The average Bonchev–Trinajstić information content (AvgIpc) is 2.44. The molecule has 1 aromatic carbocycles. The van der Waals surface area contributed by atoms with Crippen LogP contribution in [0.5, 0.6) is 5.75 Å². The Morgan fingerprint density at radius 3 is 2.74 bits per heavy atom. The van der Waals surface area contributed by atoms with E-state index >= 15 is 0 Å². The van der Waals surface area contributed by atoms with E-state index in [1.807, 2.05) is 24.3 Å². The second-order valence-corrected chi connectivity index (χ2v) is 3.81. The van der Waals surface area contributed by atoms with E-state index in [1.165, 1.54) is 0 Å². The van der Waals surface area contributed by atoms with Crippen molar-refractivity contribution >= 4 is 6.03 Å². The Kier molecular flexibility index (Phi) is 6.67. The zero-order chi connectivity index (χ0) is 13.9. The van der Waals surface area contributed by atoms with Crippen LogP contribution in [0.2, 0.25) is 0 Å². The monoisotopic (exact) mass is 258 g/mol. The first-order chi connectivity index (χ1) is 9.26.